The van der Waals surface area contributed by atoms with Crippen molar-refractivity contribution in [3.63, 3.8) is 0 Å². The van der Waals surface area contributed by atoms with Crippen molar-refractivity contribution in [2.45, 2.75) is 37.3 Å². The van der Waals surface area contributed by atoms with Gasteiger partial charge in [0.15, 0.2) is 0 Å². The quantitative estimate of drug-likeness (QED) is 0.633. The van der Waals surface area contributed by atoms with E-state index >= 15 is 0 Å². The minimum atomic E-state index is -0.274. The van der Waals surface area contributed by atoms with E-state index in [4.69, 9.17) is 4.42 Å². The van der Waals surface area contributed by atoms with Gasteiger partial charge in [0, 0.05) is 12.1 Å². The zero-order chi connectivity index (χ0) is 18.4. The number of nitrogens with one attached hydrogen (secondary N) is 1. The van der Waals surface area contributed by atoms with Gasteiger partial charge in [0.05, 0.1) is 5.25 Å². The van der Waals surface area contributed by atoms with Crippen molar-refractivity contribution < 1.29 is 9.21 Å². The Morgan fingerprint density at radius 2 is 1.85 bits per heavy atom. The molecule has 3 aromatic rings. The summed E-state index contributed by atoms with van der Waals surface area (Å²) in [5, 5.41) is 11.3. The van der Waals surface area contributed by atoms with E-state index in [1.165, 1.54) is 11.8 Å². The number of amides is 1. The number of aryl methyl sites for hydroxylation is 1. The molecular weight excluding hydrogens is 346 g/mol. The number of benzene rings is 2. The van der Waals surface area contributed by atoms with Crippen LogP contribution in [0.25, 0.3) is 11.5 Å². The Morgan fingerprint density at radius 1 is 1.12 bits per heavy atom. The first-order valence-corrected chi connectivity index (χ1v) is 9.43. The van der Waals surface area contributed by atoms with Crippen LogP contribution in [0.2, 0.25) is 0 Å². The van der Waals surface area contributed by atoms with Crippen molar-refractivity contribution in [1.29, 1.82) is 0 Å². The molecule has 0 aliphatic carbocycles. The Bertz CT molecular complexity index is 864. The molecule has 26 heavy (non-hydrogen) atoms. The number of hydrogen-bond donors (Lipinski definition) is 1. The average Bonchev–Trinajstić information content (AvgIpc) is 3.13. The minimum absolute atomic E-state index is 0.0306. The Balaban J connectivity index is 1.63. The van der Waals surface area contributed by atoms with Crippen LogP contribution in [0, 0.1) is 6.92 Å². The highest BCUT2D eigenvalue weighted by atomic mass is 32.2. The van der Waals surface area contributed by atoms with Crippen molar-refractivity contribution in [3.05, 3.63) is 65.7 Å². The third-order valence-corrected chi connectivity index (χ3v) is 5.20. The third kappa shape index (κ3) is 4.52. The summed E-state index contributed by atoms with van der Waals surface area (Å²) in [7, 11) is 0. The molecule has 3 rings (SSSR count). The lowest BCUT2D eigenvalue weighted by Crippen LogP contribution is -2.31. The van der Waals surface area contributed by atoms with Crippen LogP contribution < -0.4 is 5.32 Å². The molecule has 5 nitrogen and oxygen atoms in total. The van der Waals surface area contributed by atoms with E-state index in [9.17, 15) is 4.79 Å². The van der Waals surface area contributed by atoms with Gasteiger partial charge in [0.1, 0.15) is 0 Å². The molecule has 1 amide bonds. The van der Waals surface area contributed by atoms with E-state index in [-0.39, 0.29) is 11.2 Å². The van der Waals surface area contributed by atoms with Crippen LogP contribution in [0.3, 0.4) is 0 Å². The molecule has 1 N–H and O–H groups in total. The molecule has 2 aromatic carbocycles. The highest BCUT2D eigenvalue weighted by Crippen LogP contribution is 2.29. The second-order valence-electron chi connectivity index (χ2n) is 5.91. The Hall–Kier alpha value is -2.60. The largest absolute Gasteiger partial charge is 0.411 e. The van der Waals surface area contributed by atoms with Gasteiger partial charge in [-0.2, -0.15) is 0 Å². The van der Waals surface area contributed by atoms with Crippen LogP contribution in [0.4, 0.5) is 0 Å². The van der Waals surface area contributed by atoms with Gasteiger partial charge >= 0.3 is 0 Å². The summed E-state index contributed by atoms with van der Waals surface area (Å²) in [4.78, 5) is 12.5. The van der Waals surface area contributed by atoms with Gasteiger partial charge in [0.2, 0.25) is 11.8 Å². The maximum Gasteiger partial charge on any atom is 0.277 e. The fraction of sp³-hybridized carbons (Fsp3) is 0.250. The number of carbonyl (C=O) groups excluding carboxylic acids is 1. The molecule has 1 atom stereocenters. The molecule has 134 valence electrons. The van der Waals surface area contributed by atoms with Crippen LogP contribution in [0.15, 0.2) is 64.2 Å². The molecule has 6 heteroatoms. The smallest absolute Gasteiger partial charge is 0.277 e. The molecule has 1 aromatic heterocycles. The number of carbonyl (C=O) groups is 1. The first-order chi connectivity index (χ1) is 12.7. The molecule has 0 radical (unpaired) electrons. The minimum Gasteiger partial charge on any atom is -0.411 e. The summed E-state index contributed by atoms with van der Waals surface area (Å²) in [6.45, 7) is 4.48. The number of aromatic nitrogens is 2. The molecule has 0 aliphatic heterocycles. The summed E-state index contributed by atoms with van der Waals surface area (Å²) in [5.41, 5.74) is 3.05. The van der Waals surface area contributed by atoms with Gasteiger partial charge in [-0.3, -0.25) is 4.79 Å². The van der Waals surface area contributed by atoms with E-state index in [0.29, 0.717) is 24.1 Å². The van der Waals surface area contributed by atoms with Crippen LogP contribution in [0.5, 0.6) is 0 Å². The lowest BCUT2D eigenvalue weighted by Gasteiger charge is -2.12. The van der Waals surface area contributed by atoms with Crippen molar-refractivity contribution in [1.82, 2.24) is 15.5 Å². The van der Waals surface area contributed by atoms with Crippen LogP contribution in [-0.2, 0) is 11.3 Å². The summed E-state index contributed by atoms with van der Waals surface area (Å²) in [5.74, 6) is 0.446. The van der Waals surface area contributed by atoms with Crippen LogP contribution in [-0.4, -0.2) is 21.4 Å². The fourth-order valence-corrected chi connectivity index (χ4v) is 3.34. The molecule has 0 saturated carbocycles. The fourth-order valence-electron chi connectivity index (χ4n) is 2.52. The summed E-state index contributed by atoms with van der Waals surface area (Å²) in [6, 6.07) is 17.7. The van der Waals surface area contributed by atoms with Gasteiger partial charge in [-0.05, 0) is 30.5 Å². The highest BCUT2D eigenvalue weighted by Gasteiger charge is 2.21. The zero-order valence-corrected chi connectivity index (χ0v) is 15.6. The van der Waals surface area contributed by atoms with Crippen LogP contribution >= 0.6 is 11.8 Å². The monoisotopic (exact) mass is 367 g/mol. The molecule has 1 unspecified atom stereocenters. The van der Waals surface area contributed by atoms with Gasteiger partial charge < -0.3 is 9.73 Å². The normalized spacial score (nSPS) is 11.9. The molecule has 0 saturated heterocycles. The van der Waals surface area contributed by atoms with Crippen molar-refractivity contribution in [3.8, 4) is 11.5 Å². The summed E-state index contributed by atoms with van der Waals surface area (Å²) >= 11 is 1.30. The lowest BCUT2D eigenvalue weighted by molar-refractivity contribution is -0.120. The van der Waals surface area contributed by atoms with Gasteiger partial charge in [0.25, 0.3) is 5.22 Å². The summed E-state index contributed by atoms with van der Waals surface area (Å²) < 4.78 is 5.76. The Morgan fingerprint density at radius 3 is 2.58 bits per heavy atom. The standard InChI is InChI=1S/C20H21N3O2S/c1-3-17(18(24)21-13-15-10-5-4-6-11-15)26-20-23-22-19(25-20)16-12-8-7-9-14(16)2/h4-12,17H,3,13H2,1-2H3,(H,21,24). The first kappa shape index (κ1) is 18.2. The van der Waals surface area contributed by atoms with Gasteiger partial charge in [-0.15, -0.1) is 10.2 Å². The van der Waals surface area contributed by atoms with Crippen LogP contribution in [0.1, 0.15) is 24.5 Å². The molecule has 0 bridgehead atoms. The first-order valence-electron chi connectivity index (χ1n) is 8.55. The molecule has 0 spiro atoms. The summed E-state index contributed by atoms with van der Waals surface area (Å²) in [6.07, 6.45) is 0.674. The highest BCUT2D eigenvalue weighted by molar-refractivity contribution is 8.00. The topological polar surface area (TPSA) is 68.0 Å². The Labute approximate surface area is 157 Å². The van der Waals surface area contributed by atoms with Gasteiger partial charge in [-0.1, -0.05) is 67.2 Å². The number of rotatable bonds is 7. The van der Waals surface area contributed by atoms with E-state index in [2.05, 4.69) is 15.5 Å². The van der Waals surface area contributed by atoms with Gasteiger partial charge in [-0.25, -0.2) is 0 Å². The van der Waals surface area contributed by atoms with E-state index < -0.39 is 0 Å². The number of hydrogen-bond acceptors (Lipinski definition) is 5. The number of thioether (sulfide) groups is 1. The Kier molecular flexibility index (Phi) is 6.07. The molecule has 0 fully saturated rings. The van der Waals surface area contributed by atoms with Crippen molar-refractivity contribution in [2.24, 2.45) is 0 Å². The maximum atomic E-state index is 12.5. The maximum absolute atomic E-state index is 12.5. The second kappa shape index (κ2) is 8.67. The van der Waals surface area contributed by atoms with E-state index in [1.54, 1.807) is 0 Å². The van der Waals surface area contributed by atoms with Crippen molar-refractivity contribution in [2.75, 3.05) is 0 Å². The molecular formula is C20H21N3O2S. The zero-order valence-electron chi connectivity index (χ0n) is 14.8. The van der Waals surface area contributed by atoms with E-state index in [0.717, 1.165) is 16.7 Å². The average molecular weight is 367 g/mol. The van der Waals surface area contributed by atoms with Crippen molar-refractivity contribution >= 4 is 17.7 Å². The predicted molar refractivity (Wildman–Crippen MR) is 103 cm³/mol. The molecule has 0 aliphatic rings. The second-order valence-corrected chi connectivity index (χ2v) is 7.06. The SMILES string of the molecule is CCC(Sc1nnc(-c2ccccc2C)o1)C(=O)NCc1ccccc1. The third-order valence-electron chi connectivity index (χ3n) is 4.00. The van der Waals surface area contributed by atoms with E-state index in [1.807, 2.05) is 68.4 Å². The molecule has 1 heterocycles. The predicted octanol–water partition coefficient (Wildman–Crippen LogP) is 4.23. The lowest BCUT2D eigenvalue weighted by atomic mass is 10.1. The number of nitrogens with zero attached hydrogens (tertiary/aromatic N) is 2.